The molecule has 0 aliphatic carbocycles. The molecule has 1 saturated heterocycles. The quantitative estimate of drug-likeness (QED) is 0.259. The molecule has 3 atom stereocenters. The van der Waals surface area contributed by atoms with Crippen molar-refractivity contribution < 1.29 is 19.8 Å². The van der Waals surface area contributed by atoms with Crippen molar-refractivity contribution in [2.75, 3.05) is 0 Å². The fourth-order valence-corrected chi connectivity index (χ4v) is 4.86. The number of carboxylic acid groups (broad SMARTS) is 1. The number of amides is 1. The fraction of sp³-hybridized carbons (Fsp3) is 0.643. The van der Waals surface area contributed by atoms with Gasteiger partial charge >= 0.3 is 5.97 Å². The van der Waals surface area contributed by atoms with Gasteiger partial charge in [-0.2, -0.15) is 0 Å². The first-order valence-corrected chi connectivity index (χ1v) is 12.6. The van der Waals surface area contributed by atoms with Crippen LogP contribution in [-0.4, -0.2) is 44.7 Å². The Morgan fingerprint density at radius 3 is 2.55 bits per heavy atom. The van der Waals surface area contributed by atoms with E-state index in [1.165, 1.54) is 5.56 Å². The lowest BCUT2D eigenvalue weighted by Crippen LogP contribution is -2.48. The third-order valence-corrected chi connectivity index (χ3v) is 6.92. The standard InChI is InChI=1S/C28H43NO4/c1-22(12-11-15-23-13-7-6-8-14-23)25(30)19-17-24-18-20-26(31)29(24)28(2,3)21-10-5-4-9-16-27(32)33/h6-8,13-14,17,19,22,24-25,30H,4-5,9-12,15-16,18,20-21H2,1-3H3,(H,32,33)/b19-17+/t22-,24-,25+/m0/s1. The number of carboxylic acids is 1. The van der Waals surface area contributed by atoms with Crippen LogP contribution in [0.1, 0.15) is 90.5 Å². The summed E-state index contributed by atoms with van der Waals surface area (Å²) in [6.45, 7) is 6.33. The highest BCUT2D eigenvalue weighted by Gasteiger charge is 2.39. The van der Waals surface area contributed by atoms with Gasteiger partial charge in [0.15, 0.2) is 0 Å². The molecule has 0 aromatic heterocycles. The maximum absolute atomic E-state index is 12.7. The van der Waals surface area contributed by atoms with Gasteiger partial charge in [0.25, 0.3) is 0 Å². The predicted octanol–water partition coefficient (Wildman–Crippen LogP) is 5.76. The molecule has 1 heterocycles. The number of nitrogens with zero attached hydrogens (tertiary/aromatic N) is 1. The van der Waals surface area contributed by atoms with E-state index in [2.05, 4.69) is 45.0 Å². The zero-order chi connectivity index (χ0) is 24.3. The van der Waals surface area contributed by atoms with Crippen molar-refractivity contribution in [2.24, 2.45) is 5.92 Å². The average Bonchev–Trinajstić information content (AvgIpc) is 3.16. The minimum Gasteiger partial charge on any atom is -0.481 e. The molecule has 5 nitrogen and oxygen atoms in total. The van der Waals surface area contributed by atoms with Crippen LogP contribution >= 0.6 is 0 Å². The number of carbonyl (C=O) groups is 2. The molecule has 1 aliphatic rings. The smallest absolute Gasteiger partial charge is 0.303 e. The van der Waals surface area contributed by atoms with Crippen LogP contribution in [-0.2, 0) is 16.0 Å². The number of unbranched alkanes of at least 4 members (excludes halogenated alkanes) is 3. The zero-order valence-electron chi connectivity index (χ0n) is 20.7. The van der Waals surface area contributed by atoms with E-state index in [4.69, 9.17) is 5.11 Å². The van der Waals surface area contributed by atoms with Crippen molar-refractivity contribution in [3.05, 3.63) is 48.0 Å². The molecule has 0 spiro atoms. The Labute approximate surface area is 199 Å². The van der Waals surface area contributed by atoms with Gasteiger partial charge in [-0.3, -0.25) is 9.59 Å². The molecule has 1 aromatic carbocycles. The van der Waals surface area contributed by atoms with Crippen LogP contribution in [0.4, 0.5) is 0 Å². The highest BCUT2D eigenvalue weighted by Crippen LogP contribution is 2.32. The fourth-order valence-electron chi connectivity index (χ4n) is 4.86. The third-order valence-electron chi connectivity index (χ3n) is 6.92. The minimum absolute atomic E-state index is 0.0330. The summed E-state index contributed by atoms with van der Waals surface area (Å²) in [6, 6.07) is 10.5. The molecule has 0 radical (unpaired) electrons. The number of carbonyl (C=O) groups excluding carboxylic acids is 1. The summed E-state index contributed by atoms with van der Waals surface area (Å²) in [6.07, 6.45) is 12.5. The number of benzene rings is 1. The predicted molar refractivity (Wildman–Crippen MR) is 133 cm³/mol. The molecule has 0 unspecified atom stereocenters. The van der Waals surface area contributed by atoms with E-state index in [9.17, 15) is 14.7 Å². The second-order valence-corrected chi connectivity index (χ2v) is 10.2. The molecular formula is C28H43NO4. The molecule has 1 amide bonds. The molecule has 2 N–H and O–H groups in total. The Kier molecular flexibility index (Phi) is 11.1. The first kappa shape index (κ1) is 27.1. The lowest BCUT2D eigenvalue weighted by molar-refractivity contribution is -0.137. The van der Waals surface area contributed by atoms with E-state index in [-0.39, 0.29) is 29.8 Å². The molecule has 33 heavy (non-hydrogen) atoms. The highest BCUT2D eigenvalue weighted by atomic mass is 16.4. The summed E-state index contributed by atoms with van der Waals surface area (Å²) in [7, 11) is 0. The van der Waals surface area contributed by atoms with Crippen LogP contribution in [0.25, 0.3) is 0 Å². The zero-order valence-corrected chi connectivity index (χ0v) is 20.7. The molecule has 0 saturated carbocycles. The van der Waals surface area contributed by atoms with Gasteiger partial charge in [0.05, 0.1) is 12.1 Å². The number of aliphatic hydroxyl groups excluding tert-OH is 1. The lowest BCUT2D eigenvalue weighted by Gasteiger charge is -2.39. The van der Waals surface area contributed by atoms with E-state index in [1.54, 1.807) is 0 Å². The molecule has 2 rings (SSSR count). The first-order valence-electron chi connectivity index (χ1n) is 12.6. The van der Waals surface area contributed by atoms with E-state index in [1.807, 2.05) is 23.1 Å². The summed E-state index contributed by atoms with van der Waals surface area (Å²) >= 11 is 0. The van der Waals surface area contributed by atoms with E-state index < -0.39 is 12.1 Å². The Morgan fingerprint density at radius 1 is 1.15 bits per heavy atom. The van der Waals surface area contributed by atoms with Crippen molar-refractivity contribution in [2.45, 2.75) is 109 Å². The van der Waals surface area contributed by atoms with Crippen LogP contribution < -0.4 is 0 Å². The summed E-state index contributed by atoms with van der Waals surface area (Å²) in [4.78, 5) is 25.3. The Hall–Kier alpha value is -2.14. The molecule has 184 valence electrons. The van der Waals surface area contributed by atoms with Crippen molar-refractivity contribution in [3.63, 3.8) is 0 Å². The molecular weight excluding hydrogens is 414 g/mol. The number of hydrogen-bond donors (Lipinski definition) is 2. The summed E-state index contributed by atoms with van der Waals surface area (Å²) < 4.78 is 0. The van der Waals surface area contributed by atoms with Gasteiger partial charge in [-0.25, -0.2) is 0 Å². The lowest BCUT2D eigenvalue weighted by atomic mass is 9.92. The maximum atomic E-state index is 12.7. The Bertz CT molecular complexity index is 758. The third kappa shape index (κ3) is 9.32. The molecule has 5 heteroatoms. The van der Waals surface area contributed by atoms with E-state index >= 15 is 0 Å². The maximum Gasteiger partial charge on any atom is 0.303 e. The van der Waals surface area contributed by atoms with Gasteiger partial charge in [-0.1, -0.05) is 68.7 Å². The van der Waals surface area contributed by atoms with Gasteiger partial charge in [0, 0.05) is 18.4 Å². The van der Waals surface area contributed by atoms with Gasteiger partial charge < -0.3 is 15.1 Å². The normalized spacial score (nSPS) is 18.7. The average molecular weight is 458 g/mol. The SMILES string of the molecule is C[C@@H](CCCc1ccccc1)[C@H](O)/C=C/[C@H]1CCC(=O)N1C(C)(C)CCCCCCC(=O)O. The molecule has 1 aromatic rings. The molecule has 0 bridgehead atoms. The van der Waals surface area contributed by atoms with Crippen LogP contribution in [0.3, 0.4) is 0 Å². The highest BCUT2D eigenvalue weighted by molar-refractivity contribution is 5.80. The van der Waals surface area contributed by atoms with Crippen LogP contribution in [0.2, 0.25) is 0 Å². The van der Waals surface area contributed by atoms with Crippen molar-refractivity contribution in [1.82, 2.24) is 4.90 Å². The van der Waals surface area contributed by atoms with E-state index in [0.29, 0.717) is 12.8 Å². The number of aliphatic carboxylic acids is 1. The first-order chi connectivity index (χ1) is 15.7. The van der Waals surface area contributed by atoms with Crippen molar-refractivity contribution >= 4 is 11.9 Å². The second-order valence-electron chi connectivity index (χ2n) is 10.2. The van der Waals surface area contributed by atoms with Gasteiger partial charge in [0.1, 0.15) is 0 Å². The number of aryl methyl sites for hydroxylation is 1. The van der Waals surface area contributed by atoms with Crippen molar-refractivity contribution in [1.29, 1.82) is 0 Å². The second kappa shape index (κ2) is 13.5. The van der Waals surface area contributed by atoms with Gasteiger partial charge in [-0.15, -0.1) is 0 Å². The Balaban J connectivity index is 1.80. The monoisotopic (exact) mass is 457 g/mol. The van der Waals surface area contributed by atoms with Gasteiger partial charge in [-0.05, 0) is 63.9 Å². The van der Waals surface area contributed by atoms with Crippen molar-refractivity contribution in [3.8, 4) is 0 Å². The Morgan fingerprint density at radius 2 is 1.85 bits per heavy atom. The van der Waals surface area contributed by atoms with Crippen LogP contribution in [0, 0.1) is 5.92 Å². The summed E-state index contributed by atoms with van der Waals surface area (Å²) in [5.41, 5.74) is 1.08. The summed E-state index contributed by atoms with van der Waals surface area (Å²) in [5, 5.41) is 19.4. The minimum atomic E-state index is -0.736. The van der Waals surface area contributed by atoms with Crippen LogP contribution in [0.15, 0.2) is 42.5 Å². The number of rotatable bonds is 15. The topological polar surface area (TPSA) is 77.8 Å². The van der Waals surface area contributed by atoms with Gasteiger partial charge in [0.2, 0.25) is 5.91 Å². The largest absolute Gasteiger partial charge is 0.481 e. The number of aliphatic hydroxyl groups is 1. The number of likely N-dealkylation sites (tertiary alicyclic amines) is 1. The summed E-state index contributed by atoms with van der Waals surface area (Å²) in [5.74, 6) is -0.374. The van der Waals surface area contributed by atoms with E-state index in [0.717, 1.165) is 51.4 Å². The molecule has 1 aliphatic heterocycles. The molecule has 1 fully saturated rings. The number of hydrogen-bond acceptors (Lipinski definition) is 3. The van der Waals surface area contributed by atoms with Crippen LogP contribution in [0.5, 0.6) is 0 Å².